The summed E-state index contributed by atoms with van der Waals surface area (Å²) in [6.07, 6.45) is 5.78. The summed E-state index contributed by atoms with van der Waals surface area (Å²) in [5.74, 6) is -0.217. The molecule has 34 heavy (non-hydrogen) atoms. The van der Waals surface area contributed by atoms with Crippen molar-refractivity contribution in [1.82, 2.24) is 9.80 Å². The van der Waals surface area contributed by atoms with E-state index in [1.54, 1.807) is 17.0 Å². The van der Waals surface area contributed by atoms with Crippen LogP contribution in [0.3, 0.4) is 0 Å². The highest BCUT2D eigenvalue weighted by Gasteiger charge is 2.36. The van der Waals surface area contributed by atoms with Crippen molar-refractivity contribution in [2.75, 3.05) is 11.9 Å². The van der Waals surface area contributed by atoms with Crippen molar-refractivity contribution < 1.29 is 14.0 Å². The topological polar surface area (TPSA) is 65.8 Å². The Morgan fingerprint density at radius 3 is 2.53 bits per heavy atom. The number of nitrogens with zero attached hydrogens (tertiary/aromatic N) is 2. The quantitative estimate of drug-likeness (QED) is 0.594. The van der Waals surface area contributed by atoms with Gasteiger partial charge in [0.2, 0.25) is 5.91 Å². The van der Waals surface area contributed by atoms with Crippen LogP contribution in [0, 0.1) is 0 Å². The summed E-state index contributed by atoms with van der Waals surface area (Å²) in [5.41, 5.74) is 4.14. The number of carbonyl (C=O) groups is 2. The fourth-order valence-corrected chi connectivity index (χ4v) is 5.06. The van der Waals surface area contributed by atoms with Gasteiger partial charge in [-0.2, -0.15) is 0 Å². The number of likely N-dealkylation sites (tertiary alicyclic amines) is 1. The lowest BCUT2D eigenvalue weighted by Crippen LogP contribution is -2.50. The van der Waals surface area contributed by atoms with Crippen LogP contribution >= 0.6 is 0 Å². The van der Waals surface area contributed by atoms with Gasteiger partial charge in [0.1, 0.15) is 6.04 Å². The molecular formula is C28H31N3O3. The van der Waals surface area contributed by atoms with E-state index in [9.17, 15) is 9.59 Å². The van der Waals surface area contributed by atoms with Crippen LogP contribution in [0.4, 0.5) is 5.69 Å². The molecule has 3 aromatic rings. The van der Waals surface area contributed by atoms with Gasteiger partial charge < -0.3 is 14.6 Å². The summed E-state index contributed by atoms with van der Waals surface area (Å²) in [6, 6.07) is 19.4. The lowest BCUT2D eigenvalue weighted by atomic mass is 9.93. The molecule has 2 aliphatic heterocycles. The standard InChI is InChI=1S/C28H31N3O3/c1-20-7-4-5-15-30(20)18-21-11-13-24(14-12-21)29-27(32)25-17-22-8-2-3-9-23(22)19-31(25)28(33)26-10-6-16-34-26/h2-3,6,8-14,16,20,25H,4-5,7,15,17-19H2,1H3,(H,29,32). The van der Waals surface area contributed by atoms with Gasteiger partial charge in [0.05, 0.1) is 6.26 Å². The third-order valence-corrected chi connectivity index (χ3v) is 7.09. The number of furan rings is 1. The number of hydrogen-bond acceptors (Lipinski definition) is 4. The van der Waals surface area contributed by atoms with Crippen molar-refractivity contribution in [2.45, 2.75) is 57.8 Å². The Labute approximate surface area is 200 Å². The predicted octanol–water partition coefficient (Wildman–Crippen LogP) is 4.86. The number of rotatable bonds is 5. The SMILES string of the molecule is CC1CCCCN1Cc1ccc(NC(=O)C2Cc3ccccc3CN2C(=O)c2ccco2)cc1. The summed E-state index contributed by atoms with van der Waals surface area (Å²) in [4.78, 5) is 30.6. The number of amides is 2. The molecule has 0 radical (unpaired) electrons. The van der Waals surface area contributed by atoms with Crippen molar-refractivity contribution in [3.05, 3.63) is 89.4 Å². The lowest BCUT2D eigenvalue weighted by Gasteiger charge is -2.35. The minimum absolute atomic E-state index is 0.188. The van der Waals surface area contributed by atoms with E-state index in [0.29, 0.717) is 19.0 Å². The van der Waals surface area contributed by atoms with E-state index in [0.717, 1.165) is 29.9 Å². The minimum atomic E-state index is -0.610. The normalized spacial score (nSPS) is 20.6. The molecule has 2 atom stereocenters. The molecule has 2 amide bonds. The average molecular weight is 458 g/mol. The predicted molar refractivity (Wildman–Crippen MR) is 131 cm³/mol. The first-order valence-corrected chi connectivity index (χ1v) is 12.1. The second-order valence-electron chi connectivity index (χ2n) is 9.40. The average Bonchev–Trinajstić information content (AvgIpc) is 3.40. The zero-order chi connectivity index (χ0) is 23.5. The second-order valence-corrected chi connectivity index (χ2v) is 9.40. The fourth-order valence-electron chi connectivity index (χ4n) is 5.06. The summed E-state index contributed by atoms with van der Waals surface area (Å²) < 4.78 is 5.34. The van der Waals surface area contributed by atoms with Gasteiger partial charge in [-0.15, -0.1) is 0 Å². The van der Waals surface area contributed by atoms with Crippen LogP contribution in [-0.4, -0.2) is 40.2 Å². The highest BCUT2D eigenvalue weighted by Crippen LogP contribution is 2.26. The molecule has 1 saturated heterocycles. The number of nitrogens with one attached hydrogen (secondary N) is 1. The molecule has 6 heteroatoms. The van der Waals surface area contributed by atoms with E-state index >= 15 is 0 Å². The second kappa shape index (κ2) is 9.85. The van der Waals surface area contributed by atoms with Crippen LogP contribution in [0.15, 0.2) is 71.3 Å². The van der Waals surface area contributed by atoms with Crippen molar-refractivity contribution in [2.24, 2.45) is 0 Å². The fraction of sp³-hybridized carbons (Fsp3) is 0.357. The van der Waals surface area contributed by atoms with Crippen LogP contribution in [0.5, 0.6) is 0 Å². The van der Waals surface area contributed by atoms with Gasteiger partial charge in [0.15, 0.2) is 5.76 Å². The number of piperidine rings is 1. The largest absolute Gasteiger partial charge is 0.459 e. The first-order chi connectivity index (χ1) is 16.6. The number of benzene rings is 2. The van der Waals surface area contributed by atoms with E-state index < -0.39 is 6.04 Å². The Hall–Kier alpha value is -3.38. The van der Waals surface area contributed by atoms with Crippen LogP contribution in [-0.2, 0) is 24.3 Å². The van der Waals surface area contributed by atoms with Crippen LogP contribution in [0.25, 0.3) is 0 Å². The van der Waals surface area contributed by atoms with E-state index in [1.807, 2.05) is 36.4 Å². The summed E-state index contributed by atoms with van der Waals surface area (Å²) >= 11 is 0. The van der Waals surface area contributed by atoms with Crippen molar-refractivity contribution in [1.29, 1.82) is 0 Å². The van der Waals surface area contributed by atoms with Gasteiger partial charge in [0, 0.05) is 31.2 Å². The molecule has 6 nitrogen and oxygen atoms in total. The first kappa shape index (κ1) is 22.4. The van der Waals surface area contributed by atoms with E-state index in [2.05, 4.69) is 29.3 Å². The van der Waals surface area contributed by atoms with Gasteiger partial charge in [-0.25, -0.2) is 0 Å². The molecule has 0 spiro atoms. The van der Waals surface area contributed by atoms with Crippen molar-refractivity contribution >= 4 is 17.5 Å². The number of anilines is 1. The molecule has 2 aromatic carbocycles. The van der Waals surface area contributed by atoms with Crippen molar-refractivity contribution in [3.63, 3.8) is 0 Å². The van der Waals surface area contributed by atoms with Gasteiger partial charge in [0.25, 0.3) is 5.91 Å². The Bertz CT molecular complexity index is 1140. The molecule has 1 fully saturated rings. The number of hydrogen-bond donors (Lipinski definition) is 1. The third-order valence-electron chi connectivity index (χ3n) is 7.09. The molecule has 2 aliphatic rings. The molecule has 0 aliphatic carbocycles. The van der Waals surface area contributed by atoms with E-state index in [-0.39, 0.29) is 17.6 Å². The summed E-state index contributed by atoms with van der Waals surface area (Å²) in [5, 5.41) is 3.04. The highest BCUT2D eigenvalue weighted by atomic mass is 16.3. The monoisotopic (exact) mass is 457 g/mol. The Morgan fingerprint density at radius 2 is 1.79 bits per heavy atom. The molecule has 0 saturated carbocycles. The lowest BCUT2D eigenvalue weighted by molar-refractivity contribution is -0.121. The molecule has 176 valence electrons. The highest BCUT2D eigenvalue weighted by molar-refractivity contribution is 6.00. The molecular weight excluding hydrogens is 426 g/mol. The number of carbonyl (C=O) groups excluding carboxylic acids is 2. The molecule has 5 rings (SSSR count). The van der Waals surface area contributed by atoms with E-state index in [1.165, 1.54) is 31.1 Å². The summed E-state index contributed by atoms with van der Waals surface area (Å²) in [7, 11) is 0. The summed E-state index contributed by atoms with van der Waals surface area (Å²) in [6.45, 7) is 4.75. The Balaban J connectivity index is 1.30. The van der Waals surface area contributed by atoms with Gasteiger partial charge in [-0.3, -0.25) is 14.5 Å². The molecule has 0 bridgehead atoms. The maximum Gasteiger partial charge on any atom is 0.290 e. The molecule has 3 heterocycles. The van der Waals surface area contributed by atoms with Crippen LogP contribution < -0.4 is 5.32 Å². The van der Waals surface area contributed by atoms with Crippen LogP contribution in [0.2, 0.25) is 0 Å². The zero-order valence-corrected chi connectivity index (χ0v) is 19.6. The number of fused-ring (bicyclic) bond motifs is 1. The first-order valence-electron chi connectivity index (χ1n) is 12.1. The third kappa shape index (κ3) is 4.77. The molecule has 2 unspecified atom stereocenters. The van der Waals surface area contributed by atoms with Crippen molar-refractivity contribution in [3.8, 4) is 0 Å². The van der Waals surface area contributed by atoms with E-state index in [4.69, 9.17) is 4.42 Å². The minimum Gasteiger partial charge on any atom is -0.459 e. The maximum atomic E-state index is 13.4. The van der Waals surface area contributed by atoms with Crippen LogP contribution in [0.1, 0.15) is 53.4 Å². The van der Waals surface area contributed by atoms with Gasteiger partial charge in [-0.1, -0.05) is 42.8 Å². The Kier molecular flexibility index (Phi) is 6.50. The Morgan fingerprint density at radius 1 is 1.00 bits per heavy atom. The van der Waals surface area contributed by atoms with Gasteiger partial charge in [-0.05, 0) is 67.3 Å². The maximum absolute atomic E-state index is 13.4. The smallest absolute Gasteiger partial charge is 0.290 e. The van der Waals surface area contributed by atoms with Gasteiger partial charge >= 0.3 is 0 Å². The molecule has 1 N–H and O–H groups in total. The molecule has 1 aromatic heterocycles. The zero-order valence-electron chi connectivity index (χ0n) is 19.6.